The molecule has 106 valence electrons. The summed E-state index contributed by atoms with van der Waals surface area (Å²) in [6, 6.07) is 18.9. The fourth-order valence-electron chi connectivity index (χ4n) is 2.12. The van der Waals surface area contributed by atoms with Gasteiger partial charge in [0.25, 0.3) is 5.91 Å². The van der Waals surface area contributed by atoms with Gasteiger partial charge in [-0.3, -0.25) is 14.0 Å². The maximum atomic E-state index is 12.3. The Kier molecular flexibility index (Phi) is 3.92. The zero-order valence-corrected chi connectivity index (χ0v) is 12.1. The Morgan fingerprint density at radius 2 is 1.52 bits per heavy atom. The van der Waals surface area contributed by atoms with Crippen molar-refractivity contribution in [2.75, 3.05) is 6.54 Å². The Morgan fingerprint density at radius 1 is 0.905 bits per heavy atom. The van der Waals surface area contributed by atoms with Crippen molar-refractivity contribution in [2.24, 2.45) is 0 Å². The molecule has 2 aromatic carbocycles. The molecule has 1 aliphatic rings. The molecule has 0 radical (unpaired) electrons. The monoisotopic (exact) mass is 298 g/mol. The quantitative estimate of drug-likeness (QED) is 0.643. The van der Waals surface area contributed by atoms with Crippen LogP contribution in [0.25, 0.3) is 0 Å². The SMILES string of the molecule is O=C1CN(Sc2ccccc2)C(=O)N1Cc1ccccc1. The molecule has 0 bridgehead atoms. The van der Waals surface area contributed by atoms with Gasteiger partial charge in [0, 0.05) is 4.90 Å². The summed E-state index contributed by atoms with van der Waals surface area (Å²) in [4.78, 5) is 26.6. The highest BCUT2D eigenvalue weighted by Gasteiger charge is 2.36. The van der Waals surface area contributed by atoms with Crippen molar-refractivity contribution in [3.8, 4) is 0 Å². The van der Waals surface area contributed by atoms with Gasteiger partial charge in [-0.25, -0.2) is 4.79 Å². The Hall–Kier alpha value is -2.27. The van der Waals surface area contributed by atoms with Crippen molar-refractivity contribution in [1.29, 1.82) is 0 Å². The first-order valence-corrected chi connectivity index (χ1v) is 7.40. The van der Waals surface area contributed by atoms with E-state index in [-0.39, 0.29) is 18.5 Å². The van der Waals surface area contributed by atoms with Crippen LogP contribution in [0.5, 0.6) is 0 Å². The van der Waals surface area contributed by atoms with Gasteiger partial charge in [-0.2, -0.15) is 0 Å². The second kappa shape index (κ2) is 6.01. The van der Waals surface area contributed by atoms with Gasteiger partial charge in [-0.1, -0.05) is 48.5 Å². The van der Waals surface area contributed by atoms with E-state index >= 15 is 0 Å². The number of carbonyl (C=O) groups excluding carboxylic acids is 2. The summed E-state index contributed by atoms with van der Waals surface area (Å²) in [6.45, 7) is 0.440. The Labute approximate surface area is 127 Å². The van der Waals surface area contributed by atoms with Crippen molar-refractivity contribution in [2.45, 2.75) is 11.4 Å². The van der Waals surface area contributed by atoms with E-state index in [2.05, 4.69) is 0 Å². The Morgan fingerprint density at radius 3 is 2.19 bits per heavy atom. The average molecular weight is 298 g/mol. The lowest BCUT2D eigenvalue weighted by Crippen LogP contribution is -2.30. The van der Waals surface area contributed by atoms with Crippen molar-refractivity contribution in [3.05, 3.63) is 66.2 Å². The maximum Gasteiger partial charge on any atom is 0.337 e. The highest BCUT2D eigenvalue weighted by Crippen LogP contribution is 2.27. The first kappa shape index (κ1) is 13.7. The summed E-state index contributed by atoms with van der Waals surface area (Å²) in [5.74, 6) is -0.160. The number of urea groups is 1. The summed E-state index contributed by atoms with van der Waals surface area (Å²) in [5, 5.41) is 0. The maximum absolute atomic E-state index is 12.3. The average Bonchev–Trinajstić information content (AvgIpc) is 2.77. The number of rotatable bonds is 4. The summed E-state index contributed by atoms with van der Waals surface area (Å²) in [6.07, 6.45) is 0. The van der Waals surface area contributed by atoms with Gasteiger partial charge in [0.15, 0.2) is 0 Å². The molecule has 0 spiro atoms. The summed E-state index contributed by atoms with van der Waals surface area (Å²) in [7, 11) is 0. The third-order valence-electron chi connectivity index (χ3n) is 3.17. The molecule has 3 amide bonds. The number of imide groups is 1. The lowest BCUT2D eigenvalue weighted by Gasteiger charge is -2.16. The summed E-state index contributed by atoms with van der Waals surface area (Å²) < 4.78 is 1.50. The highest BCUT2D eigenvalue weighted by atomic mass is 32.2. The van der Waals surface area contributed by atoms with Gasteiger partial charge in [-0.05, 0) is 29.6 Å². The molecule has 0 aliphatic carbocycles. The molecule has 3 rings (SSSR count). The van der Waals surface area contributed by atoms with E-state index in [1.54, 1.807) is 0 Å². The second-order valence-corrected chi connectivity index (χ2v) is 5.78. The van der Waals surface area contributed by atoms with E-state index < -0.39 is 0 Å². The number of hydrogen-bond donors (Lipinski definition) is 0. The second-order valence-electron chi connectivity index (χ2n) is 4.69. The lowest BCUT2D eigenvalue weighted by molar-refractivity contribution is -0.125. The minimum absolute atomic E-state index is 0.116. The van der Waals surface area contributed by atoms with Crippen LogP contribution in [0.2, 0.25) is 0 Å². The van der Waals surface area contributed by atoms with Crippen molar-refractivity contribution in [1.82, 2.24) is 9.21 Å². The molecule has 4 nitrogen and oxygen atoms in total. The predicted molar refractivity (Wildman–Crippen MR) is 81.4 cm³/mol. The third kappa shape index (κ3) is 3.08. The normalized spacial score (nSPS) is 14.9. The third-order valence-corrected chi connectivity index (χ3v) is 4.16. The van der Waals surface area contributed by atoms with Crippen LogP contribution in [0.1, 0.15) is 5.56 Å². The molecule has 0 aromatic heterocycles. The molecule has 1 saturated heterocycles. The molecule has 0 unspecified atom stereocenters. The van der Waals surface area contributed by atoms with E-state index in [1.807, 2.05) is 60.7 Å². The zero-order chi connectivity index (χ0) is 14.7. The van der Waals surface area contributed by atoms with Gasteiger partial charge in [0.1, 0.15) is 6.54 Å². The molecule has 2 aromatic rings. The van der Waals surface area contributed by atoms with E-state index in [1.165, 1.54) is 21.2 Å². The fraction of sp³-hybridized carbons (Fsp3) is 0.125. The Bertz CT molecular complexity index is 646. The Balaban J connectivity index is 1.70. The number of amides is 3. The molecular weight excluding hydrogens is 284 g/mol. The van der Waals surface area contributed by atoms with E-state index in [9.17, 15) is 9.59 Å². The van der Waals surface area contributed by atoms with Gasteiger partial charge in [0.2, 0.25) is 0 Å². The van der Waals surface area contributed by atoms with Crippen LogP contribution >= 0.6 is 11.9 Å². The summed E-state index contributed by atoms with van der Waals surface area (Å²) in [5.41, 5.74) is 0.950. The highest BCUT2D eigenvalue weighted by molar-refractivity contribution is 7.97. The predicted octanol–water partition coefficient (Wildman–Crippen LogP) is 3.16. The van der Waals surface area contributed by atoms with Crippen LogP contribution in [0, 0.1) is 0 Å². The van der Waals surface area contributed by atoms with Gasteiger partial charge in [0.05, 0.1) is 6.54 Å². The molecule has 1 heterocycles. The minimum Gasteiger partial charge on any atom is -0.272 e. The van der Waals surface area contributed by atoms with Crippen molar-refractivity contribution < 1.29 is 9.59 Å². The van der Waals surface area contributed by atoms with E-state index in [0.717, 1.165) is 10.5 Å². The largest absolute Gasteiger partial charge is 0.337 e. The molecular formula is C16H14N2O2S. The lowest BCUT2D eigenvalue weighted by atomic mass is 10.2. The van der Waals surface area contributed by atoms with Crippen LogP contribution in [-0.4, -0.2) is 27.7 Å². The molecule has 5 heteroatoms. The van der Waals surface area contributed by atoms with Crippen LogP contribution in [0.15, 0.2) is 65.6 Å². The number of carbonyl (C=O) groups is 2. The standard InChI is InChI=1S/C16H14N2O2S/c19-15-12-18(21-14-9-5-2-6-10-14)16(20)17(15)11-13-7-3-1-4-8-13/h1-10H,11-12H2. The van der Waals surface area contributed by atoms with Gasteiger partial charge in [-0.15, -0.1) is 0 Å². The van der Waals surface area contributed by atoms with E-state index in [4.69, 9.17) is 0 Å². The van der Waals surface area contributed by atoms with Crippen LogP contribution < -0.4 is 0 Å². The zero-order valence-electron chi connectivity index (χ0n) is 11.3. The molecule has 21 heavy (non-hydrogen) atoms. The molecule has 0 N–H and O–H groups in total. The summed E-state index contributed by atoms with van der Waals surface area (Å²) >= 11 is 1.30. The van der Waals surface area contributed by atoms with E-state index in [0.29, 0.717) is 6.54 Å². The smallest absolute Gasteiger partial charge is 0.272 e. The molecule has 0 saturated carbocycles. The number of nitrogens with zero attached hydrogens (tertiary/aromatic N) is 2. The minimum atomic E-state index is -0.252. The van der Waals surface area contributed by atoms with Crippen molar-refractivity contribution >= 4 is 23.9 Å². The fourth-order valence-corrected chi connectivity index (χ4v) is 3.00. The first-order chi connectivity index (χ1) is 10.2. The van der Waals surface area contributed by atoms with Crippen LogP contribution in [0.4, 0.5) is 4.79 Å². The topological polar surface area (TPSA) is 40.6 Å². The number of hydrogen-bond acceptors (Lipinski definition) is 3. The molecule has 0 atom stereocenters. The van der Waals surface area contributed by atoms with Crippen LogP contribution in [-0.2, 0) is 11.3 Å². The number of benzene rings is 2. The van der Waals surface area contributed by atoms with Gasteiger partial charge >= 0.3 is 6.03 Å². The molecule has 1 aliphatic heterocycles. The van der Waals surface area contributed by atoms with Crippen molar-refractivity contribution in [3.63, 3.8) is 0 Å². The van der Waals surface area contributed by atoms with Gasteiger partial charge < -0.3 is 0 Å². The van der Waals surface area contributed by atoms with Crippen LogP contribution in [0.3, 0.4) is 0 Å². The first-order valence-electron chi connectivity index (χ1n) is 6.63. The molecule has 1 fully saturated rings.